The van der Waals surface area contributed by atoms with E-state index in [-0.39, 0.29) is 35.4 Å². The van der Waals surface area contributed by atoms with Gasteiger partial charge < -0.3 is 15.6 Å². The Morgan fingerprint density at radius 3 is 2.85 bits per heavy atom. The number of benzene rings is 1. The molecule has 2 aromatic heterocycles. The van der Waals surface area contributed by atoms with Crippen LogP contribution in [0.2, 0.25) is 0 Å². The van der Waals surface area contributed by atoms with Crippen molar-refractivity contribution < 1.29 is 19.3 Å². The Labute approximate surface area is 152 Å². The summed E-state index contributed by atoms with van der Waals surface area (Å²) in [6.45, 7) is 1.65. The monoisotopic (exact) mass is 372 g/mol. The van der Waals surface area contributed by atoms with E-state index in [1.165, 1.54) is 17.9 Å². The number of anilines is 1. The van der Waals surface area contributed by atoms with Crippen LogP contribution in [0.1, 0.15) is 28.7 Å². The minimum absolute atomic E-state index is 0.00419. The van der Waals surface area contributed by atoms with Crippen LogP contribution in [0.3, 0.4) is 0 Å². The number of aromatic nitrogens is 5. The van der Waals surface area contributed by atoms with E-state index >= 15 is 0 Å². The molecule has 0 saturated heterocycles. The number of aromatic hydroxyl groups is 1. The van der Waals surface area contributed by atoms with Crippen LogP contribution in [0.5, 0.6) is 5.75 Å². The van der Waals surface area contributed by atoms with Gasteiger partial charge in [0.05, 0.1) is 12.3 Å². The molecule has 140 valence electrons. The number of rotatable bonds is 6. The Kier molecular flexibility index (Phi) is 5.08. The van der Waals surface area contributed by atoms with Gasteiger partial charge in [-0.3, -0.25) is 4.79 Å². The Balaban J connectivity index is 1.87. The highest BCUT2D eigenvalue weighted by atomic mass is 16.6. The quantitative estimate of drug-likeness (QED) is 0.405. The summed E-state index contributed by atoms with van der Waals surface area (Å²) in [4.78, 5) is 12.5. The third-order valence-corrected chi connectivity index (χ3v) is 3.57. The van der Waals surface area contributed by atoms with E-state index in [0.29, 0.717) is 11.3 Å². The lowest BCUT2D eigenvalue weighted by Crippen LogP contribution is -2.22. The summed E-state index contributed by atoms with van der Waals surface area (Å²) < 4.78 is 10.8. The maximum absolute atomic E-state index is 12.5. The number of carbonyl (C=O) groups excluding carboxylic acids is 1. The fraction of sp³-hybridized carbons (Fsp3) is 0.200. The molecule has 0 fully saturated rings. The number of para-hydroxylation sites is 1. The van der Waals surface area contributed by atoms with Crippen molar-refractivity contribution in [2.24, 2.45) is 5.10 Å². The van der Waals surface area contributed by atoms with Crippen molar-refractivity contribution in [2.45, 2.75) is 13.5 Å². The largest absolute Gasteiger partial charge is 0.507 e. The second-order valence-corrected chi connectivity index (χ2v) is 5.36. The standard InChI is InChI=1S/C15H16N8O4/c1-8(9-5-3-4-6-11(9)24)17-19-15(25)12-10(7-26-2)23(22-18-12)14-13(16)20-27-21-14/h3-6,24H,7H2,1-2H3,(H2,16,20)(H,19,25)/b17-8-. The fourth-order valence-corrected chi connectivity index (χ4v) is 2.28. The second-order valence-electron chi connectivity index (χ2n) is 5.36. The molecule has 1 aromatic carbocycles. The number of nitrogens with zero attached hydrogens (tertiary/aromatic N) is 6. The molecular weight excluding hydrogens is 356 g/mol. The first-order valence-electron chi connectivity index (χ1n) is 7.67. The zero-order valence-electron chi connectivity index (χ0n) is 14.4. The van der Waals surface area contributed by atoms with Gasteiger partial charge in [0, 0.05) is 12.7 Å². The summed E-state index contributed by atoms with van der Waals surface area (Å²) in [7, 11) is 1.45. The molecule has 12 nitrogen and oxygen atoms in total. The van der Waals surface area contributed by atoms with Crippen LogP contribution in [-0.4, -0.2) is 49.1 Å². The molecule has 0 unspecified atom stereocenters. The minimum Gasteiger partial charge on any atom is -0.507 e. The van der Waals surface area contributed by atoms with Gasteiger partial charge >= 0.3 is 0 Å². The molecule has 0 bridgehead atoms. The molecule has 27 heavy (non-hydrogen) atoms. The van der Waals surface area contributed by atoms with Crippen LogP contribution in [-0.2, 0) is 11.3 Å². The first-order valence-corrected chi connectivity index (χ1v) is 7.67. The summed E-state index contributed by atoms with van der Waals surface area (Å²) in [5, 5.41) is 28.6. The normalized spacial score (nSPS) is 11.6. The molecule has 0 saturated carbocycles. The maximum Gasteiger partial charge on any atom is 0.293 e. The molecule has 12 heteroatoms. The Morgan fingerprint density at radius 2 is 2.19 bits per heavy atom. The SMILES string of the molecule is COCc1c(C(=O)N/N=C(/C)c2ccccc2O)nnn1-c1nonc1N. The van der Waals surface area contributed by atoms with Gasteiger partial charge in [-0.25, -0.2) is 10.1 Å². The lowest BCUT2D eigenvalue weighted by Gasteiger charge is -2.05. The number of hydrogen-bond donors (Lipinski definition) is 3. The Bertz CT molecular complexity index is 993. The van der Waals surface area contributed by atoms with Crippen molar-refractivity contribution in [3.63, 3.8) is 0 Å². The molecule has 3 aromatic rings. The number of hydrazone groups is 1. The molecule has 0 aliphatic heterocycles. The van der Waals surface area contributed by atoms with E-state index in [1.54, 1.807) is 25.1 Å². The number of nitrogen functional groups attached to an aromatic ring is 1. The lowest BCUT2D eigenvalue weighted by atomic mass is 10.1. The van der Waals surface area contributed by atoms with Gasteiger partial charge in [0.25, 0.3) is 5.91 Å². The minimum atomic E-state index is -0.627. The Morgan fingerprint density at radius 1 is 1.41 bits per heavy atom. The molecule has 0 spiro atoms. The zero-order chi connectivity index (χ0) is 19.4. The fourth-order valence-electron chi connectivity index (χ4n) is 2.28. The highest BCUT2D eigenvalue weighted by Crippen LogP contribution is 2.17. The molecule has 4 N–H and O–H groups in total. The van der Waals surface area contributed by atoms with Crippen LogP contribution in [0, 0.1) is 0 Å². The van der Waals surface area contributed by atoms with Crippen molar-refractivity contribution in [1.82, 2.24) is 30.7 Å². The number of ether oxygens (including phenoxy) is 1. The van der Waals surface area contributed by atoms with E-state index in [0.717, 1.165) is 0 Å². The molecule has 2 heterocycles. The van der Waals surface area contributed by atoms with Crippen LogP contribution in [0.25, 0.3) is 5.82 Å². The number of nitrogens with two attached hydrogens (primary N) is 1. The summed E-state index contributed by atoms with van der Waals surface area (Å²) in [6.07, 6.45) is 0. The maximum atomic E-state index is 12.5. The molecule has 3 rings (SSSR count). The van der Waals surface area contributed by atoms with E-state index in [2.05, 4.69) is 35.8 Å². The number of phenolic OH excluding ortho intramolecular Hbond substituents is 1. The van der Waals surface area contributed by atoms with Crippen molar-refractivity contribution in [1.29, 1.82) is 0 Å². The predicted octanol–water partition coefficient (Wildman–Crippen LogP) is 0.239. The average molecular weight is 372 g/mol. The smallest absolute Gasteiger partial charge is 0.293 e. The number of methoxy groups -OCH3 is 1. The number of phenols is 1. The van der Waals surface area contributed by atoms with Crippen molar-refractivity contribution in [3.05, 3.63) is 41.2 Å². The summed E-state index contributed by atoms with van der Waals surface area (Å²) in [6, 6.07) is 6.63. The summed E-state index contributed by atoms with van der Waals surface area (Å²) >= 11 is 0. The molecule has 0 atom stereocenters. The third-order valence-electron chi connectivity index (χ3n) is 3.57. The first-order chi connectivity index (χ1) is 13.0. The third kappa shape index (κ3) is 3.59. The van der Waals surface area contributed by atoms with Gasteiger partial charge in [0.1, 0.15) is 11.4 Å². The second kappa shape index (κ2) is 7.61. The molecular formula is C15H16N8O4. The van der Waals surface area contributed by atoms with Crippen molar-refractivity contribution in [2.75, 3.05) is 12.8 Å². The average Bonchev–Trinajstić information content (AvgIpc) is 3.26. The van der Waals surface area contributed by atoms with E-state index in [4.69, 9.17) is 10.5 Å². The van der Waals surface area contributed by atoms with Gasteiger partial charge in [0.2, 0.25) is 11.6 Å². The molecule has 0 radical (unpaired) electrons. The van der Waals surface area contributed by atoms with Crippen LogP contribution >= 0.6 is 0 Å². The Hall–Kier alpha value is -3.80. The van der Waals surface area contributed by atoms with Crippen molar-refractivity contribution in [3.8, 4) is 11.6 Å². The summed E-state index contributed by atoms with van der Waals surface area (Å²) in [5.74, 6) is -0.508. The number of hydrogen-bond acceptors (Lipinski definition) is 10. The summed E-state index contributed by atoms with van der Waals surface area (Å²) in [5.41, 5.74) is 9.18. The van der Waals surface area contributed by atoms with Gasteiger partial charge in [0.15, 0.2) is 5.69 Å². The van der Waals surface area contributed by atoms with Gasteiger partial charge in [-0.05, 0) is 29.4 Å². The van der Waals surface area contributed by atoms with Gasteiger partial charge in [-0.1, -0.05) is 17.3 Å². The first kappa shape index (κ1) is 18.0. The highest BCUT2D eigenvalue weighted by molar-refractivity contribution is 6.02. The zero-order valence-corrected chi connectivity index (χ0v) is 14.4. The van der Waals surface area contributed by atoms with E-state index in [9.17, 15) is 9.90 Å². The predicted molar refractivity (Wildman–Crippen MR) is 92.1 cm³/mol. The van der Waals surface area contributed by atoms with Crippen LogP contribution < -0.4 is 11.2 Å². The lowest BCUT2D eigenvalue weighted by molar-refractivity contribution is 0.0944. The highest BCUT2D eigenvalue weighted by Gasteiger charge is 2.23. The molecule has 0 aliphatic carbocycles. The number of carbonyl (C=O) groups is 1. The van der Waals surface area contributed by atoms with E-state index in [1.807, 2.05) is 0 Å². The molecule has 0 aliphatic rings. The van der Waals surface area contributed by atoms with Gasteiger partial charge in [-0.2, -0.15) is 9.78 Å². The van der Waals surface area contributed by atoms with Gasteiger partial charge in [-0.15, -0.1) is 5.10 Å². The number of nitrogens with one attached hydrogen (secondary N) is 1. The van der Waals surface area contributed by atoms with Crippen LogP contribution in [0.4, 0.5) is 5.82 Å². The van der Waals surface area contributed by atoms with E-state index < -0.39 is 5.91 Å². The molecule has 1 amide bonds. The van der Waals surface area contributed by atoms with Crippen LogP contribution in [0.15, 0.2) is 34.0 Å². The topological polar surface area (TPSA) is 167 Å². The number of amides is 1. The van der Waals surface area contributed by atoms with Crippen molar-refractivity contribution >= 4 is 17.4 Å².